The number of esters is 1. The molecule has 1 saturated heterocycles. The largest absolute Gasteiger partial charge is 0.467 e. The molecule has 1 N–H and O–H groups in total. The van der Waals surface area contributed by atoms with E-state index in [2.05, 4.69) is 4.74 Å². The molecule has 1 aliphatic carbocycles. The second-order valence-corrected chi connectivity index (χ2v) is 6.81. The van der Waals surface area contributed by atoms with Gasteiger partial charge in [-0.05, 0) is 33.6 Å². The molecule has 6 nitrogen and oxygen atoms in total. The summed E-state index contributed by atoms with van der Waals surface area (Å²) in [7, 11) is 1.26. The lowest BCUT2D eigenvalue weighted by Crippen LogP contribution is -2.58. The van der Waals surface area contributed by atoms with Crippen molar-refractivity contribution in [2.45, 2.75) is 63.2 Å². The standard InChI is InChI=1S/C14H23NO5/c1-12(2,3)20-11(17)15-8-7-14(18,10(16)19-4)9-13(15)5-6-13/h18H,5-9H2,1-4H3. The molecule has 1 spiro atoms. The number of piperidine rings is 1. The van der Waals surface area contributed by atoms with E-state index in [1.165, 1.54) is 7.11 Å². The van der Waals surface area contributed by atoms with E-state index < -0.39 is 22.7 Å². The summed E-state index contributed by atoms with van der Waals surface area (Å²) in [6.45, 7) is 5.76. The van der Waals surface area contributed by atoms with E-state index in [1.807, 2.05) is 20.8 Å². The number of likely N-dealkylation sites (tertiary alicyclic amines) is 1. The molecule has 0 aromatic heterocycles. The lowest BCUT2D eigenvalue weighted by molar-refractivity contribution is -0.170. The van der Waals surface area contributed by atoms with Gasteiger partial charge in [0.2, 0.25) is 0 Å². The summed E-state index contributed by atoms with van der Waals surface area (Å²) in [5, 5.41) is 10.4. The first-order valence-corrected chi connectivity index (χ1v) is 6.93. The van der Waals surface area contributed by atoms with E-state index in [0.29, 0.717) is 6.54 Å². The van der Waals surface area contributed by atoms with Crippen LogP contribution in [0.5, 0.6) is 0 Å². The van der Waals surface area contributed by atoms with Gasteiger partial charge < -0.3 is 19.5 Å². The predicted octanol–water partition coefficient (Wildman–Crippen LogP) is 1.45. The van der Waals surface area contributed by atoms with Crippen molar-refractivity contribution >= 4 is 12.1 Å². The van der Waals surface area contributed by atoms with Gasteiger partial charge in [0, 0.05) is 24.9 Å². The smallest absolute Gasteiger partial charge is 0.410 e. The number of aliphatic hydroxyl groups is 1. The monoisotopic (exact) mass is 285 g/mol. The fourth-order valence-corrected chi connectivity index (χ4v) is 2.82. The molecule has 0 aromatic carbocycles. The van der Waals surface area contributed by atoms with Crippen molar-refractivity contribution in [3.63, 3.8) is 0 Å². The molecule has 1 atom stereocenters. The Bertz CT molecular complexity index is 424. The SMILES string of the molecule is COC(=O)C1(O)CCN(C(=O)OC(C)(C)C)C2(CC2)C1. The summed E-state index contributed by atoms with van der Waals surface area (Å²) in [6.07, 6.45) is 1.60. The lowest BCUT2D eigenvalue weighted by Gasteiger charge is -2.43. The van der Waals surface area contributed by atoms with E-state index in [9.17, 15) is 14.7 Å². The Morgan fingerprint density at radius 2 is 1.80 bits per heavy atom. The minimum atomic E-state index is -1.48. The van der Waals surface area contributed by atoms with Gasteiger partial charge in [0.1, 0.15) is 5.60 Å². The van der Waals surface area contributed by atoms with E-state index in [1.54, 1.807) is 4.90 Å². The van der Waals surface area contributed by atoms with Gasteiger partial charge in [0.25, 0.3) is 0 Å². The number of amides is 1. The van der Waals surface area contributed by atoms with Crippen molar-refractivity contribution in [1.82, 2.24) is 4.90 Å². The van der Waals surface area contributed by atoms with Crippen LogP contribution in [0.3, 0.4) is 0 Å². The molecule has 1 saturated carbocycles. The summed E-state index contributed by atoms with van der Waals surface area (Å²) in [5.74, 6) is -0.618. The van der Waals surface area contributed by atoms with Crippen LogP contribution in [0.2, 0.25) is 0 Å². The van der Waals surface area contributed by atoms with Crippen LogP contribution in [0.15, 0.2) is 0 Å². The van der Waals surface area contributed by atoms with Crippen LogP contribution in [-0.4, -0.2) is 52.5 Å². The van der Waals surface area contributed by atoms with Gasteiger partial charge in [0.15, 0.2) is 5.60 Å². The first kappa shape index (κ1) is 15.1. The van der Waals surface area contributed by atoms with Crippen molar-refractivity contribution in [2.75, 3.05) is 13.7 Å². The Labute approximate surface area is 119 Å². The van der Waals surface area contributed by atoms with Crippen LogP contribution in [0.4, 0.5) is 4.79 Å². The number of methoxy groups -OCH3 is 1. The maximum Gasteiger partial charge on any atom is 0.410 e. The number of carbonyl (C=O) groups is 2. The average Bonchev–Trinajstić information content (AvgIpc) is 3.05. The maximum atomic E-state index is 12.2. The Morgan fingerprint density at radius 3 is 2.25 bits per heavy atom. The highest BCUT2D eigenvalue weighted by Crippen LogP contribution is 2.51. The Hall–Kier alpha value is -1.30. The highest BCUT2D eigenvalue weighted by molar-refractivity contribution is 5.80. The Kier molecular flexibility index (Phi) is 3.48. The molecule has 2 aliphatic rings. The first-order chi connectivity index (χ1) is 9.12. The maximum absolute atomic E-state index is 12.2. The molecule has 2 fully saturated rings. The number of rotatable bonds is 1. The van der Waals surface area contributed by atoms with Crippen molar-refractivity contribution < 1.29 is 24.2 Å². The summed E-state index contributed by atoms with van der Waals surface area (Å²) >= 11 is 0. The highest BCUT2D eigenvalue weighted by Gasteiger charge is 2.60. The zero-order valence-corrected chi connectivity index (χ0v) is 12.6. The lowest BCUT2D eigenvalue weighted by atomic mass is 9.85. The van der Waals surface area contributed by atoms with Crippen LogP contribution in [0, 0.1) is 0 Å². The molecule has 1 amide bonds. The number of hydrogen-bond donors (Lipinski definition) is 1. The van der Waals surface area contributed by atoms with E-state index in [0.717, 1.165) is 12.8 Å². The third-order valence-electron chi connectivity index (χ3n) is 3.95. The van der Waals surface area contributed by atoms with Gasteiger partial charge in [-0.1, -0.05) is 0 Å². The third-order valence-corrected chi connectivity index (χ3v) is 3.95. The predicted molar refractivity (Wildman–Crippen MR) is 71.1 cm³/mol. The van der Waals surface area contributed by atoms with Gasteiger partial charge in [-0.2, -0.15) is 0 Å². The summed E-state index contributed by atoms with van der Waals surface area (Å²) in [4.78, 5) is 25.6. The summed E-state index contributed by atoms with van der Waals surface area (Å²) in [6, 6.07) is 0. The molecule has 1 unspecified atom stereocenters. The molecular weight excluding hydrogens is 262 g/mol. The van der Waals surface area contributed by atoms with E-state index in [4.69, 9.17) is 4.74 Å². The van der Waals surface area contributed by atoms with Crippen LogP contribution < -0.4 is 0 Å². The van der Waals surface area contributed by atoms with Crippen molar-refractivity contribution in [1.29, 1.82) is 0 Å². The van der Waals surface area contributed by atoms with Crippen LogP contribution in [-0.2, 0) is 14.3 Å². The third kappa shape index (κ3) is 2.75. The average molecular weight is 285 g/mol. The molecule has 114 valence electrons. The molecule has 20 heavy (non-hydrogen) atoms. The van der Waals surface area contributed by atoms with Crippen LogP contribution in [0.1, 0.15) is 46.5 Å². The molecule has 0 radical (unpaired) electrons. The second kappa shape index (κ2) is 4.62. The van der Waals surface area contributed by atoms with Gasteiger partial charge in [-0.15, -0.1) is 0 Å². The molecule has 6 heteroatoms. The molecule has 2 rings (SSSR count). The van der Waals surface area contributed by atoms with E-state index >= 15 is 0 Å². The Balaban J connectivity index is 2.10. The van der Waals surface area contributed by atoms with Gasteiger partial charge in [-0.3, -0.25) is 0 Å². The quantitative estimate of drug-likeness (QED) is 0.738. The van der Waals surface area contributed by atoms with Crippen LogP contribution in [0.25, 0.3) is 0 Å². The number of nitrogens with zero attached hydrogens (tertiary/aromatic N) is 1. The van der Waals surface area contributed by atoms with E-state index in [-0.39, 0.29) is 18.9 Å². The normalized spacial score (nSPS) is 28.1. The summed E-state index contributed by atoms with van der Waals surface area (Å²) < 4.78 is 10.1. The Morgan fingerprint density at radius 1 is 1.20 bits per heavy atom. The number of hydrogen-bond acceptors (Lipinski definition) is 5. The van der Waals surface area contributed by atoms with Crippen LogP contribution >= 0.6 is 0 Å². The molecule has 1 heterocycles. The fourth-order valence-electron chi connectivity index (χ4n) is 2.82. The minimum Gasteiger partial charge on any atom is -0.467 e. The molecular formula is C14H23NO5. The topological polar surface area (TPSA) is 76.1 Å². The molecule has 1 aliphatic heterocycles. The first-order valence-electron chi connectivity index (χ1n) is 6.93. The zero-order chi connectivity index (χ0) is 15.2. The minimum absolute atomic E-state index is 0.181. The van der Waals surface area contributed by atoms with Gasteiger partial charge in [0.05, 0.1) is 7.11 Å². The fraction of sp³-hybridized carbons (Fsp3) is 0.857. The highest BCUT2D eigenvalue weighted by atomic mass is 16.6. The summed E-state index contributed by atoms with van der Waals surface area (Å²) in [5.41, 5.74) is -2.48. The van der Waals surface area contributed by atoms with Crippen molar-refractivity contribution in [3.05, 3.63) is 0 Å². The van der Waals surface area contributed by atoms with Gasteiger partial charge in [-0.25, -0.2) is 9.59 Å². The number of ether oxygens (including phenoxy) is 2. The second-order valence-electron chi connectivity index (χ2n) is 6.81. The van der Waals surface area contributed by atoms with Gasteiger partial charge >= 0.3 is 12.1 Å². The zero-order valence-electron chi connectivity index (χ0n) is 12.6. The van der Waals surface area contributed by atoms with Crippen molar-refractivity contribution in [2.24, 2.45) is 0 Å². The molecule has 0 aromatic rings. The number of carbonyl (C=O) groups excluding carboxylic acids is 2. The van der Waals surface area contributed by atoms with Crippen molar-refractivity contribution in [3.8, 4) is 0 Å². The molecule has 0 bridgehead atoms.